The van der Waals surface area contributed by atoms with Crippen molar-refractivity contribution in [2.24, 2.45) is 5.92 Å². The van der Waals surface area contributed by atoms with E-state index in [0.717, 1.165) is 29.8 Å². The van der Waals surface area contributed by atoms with Crippen molar-refractivity contribution in [3.63, 3.8) is 0 Å². The number of carbonyl (C=O) groups excluding carboxylic acids is 1. The smallest absolute Gasteiger partial charge is 0.257 e. The molecule has 3 aromatic carbocycles. The summed E-state index contributed by atoms with van der Waals surface area (Å²) < 4.78 is 13.1. The zero-order chi connectivity index (χ0) is 27.9. The van der Waals surface area contributed by atoms with E-state index in [9.17, 15) is 9.90 Å². The maximum atomic E-state index is 12.5. The zero-order valence-electron chi connectivity index (χ0n) is 22.8. The summed E-state index contributed by atoms with van der Waals surface area (Å²) in [5, 5.41) is 12.4. The van der Waals surface area contributed by atoms with E-state index in [0.29, 0.717) is 11.3 Å². The number of aromatic nitrogens is 1. The monoisotopic (exact) mass is 537 g/mol. The molecule has 1 aliphatic heterocycles. The maximum absolute atomic E-state index is 12.5. The van der Waals surface area contributed by atoms with Crippen molar-refractivity contribution in [1.82, 2.24) is 9.88 Å². The summed E-state index contributed by atoms with van der Waals surface area (Å²) in [6.07, 6.45) is 2.33. The van der Waals surface area contributed by atoms with E-state index < -0.39 is 6.29 Å². The van der Waals surface area contributed by atoms with Gasteiger partial charge in [0.25, 0.3) is 5.91 Å². The Kier molecular flexibility index (Phi) is 8.98. The van der Waals surface area contributed by atoms with Crippen molar-refractivity contribution < 1.29 is 19.4 Å². The van der Waals surface area contributed by atoms with Gasteiger partial charge in [-0.25, -0.2) is 0 Å². The molecule has 1 aliphatic rings. The van der Waals surface area contributed by atoms with E-state index in [1.807, 2.05) is 54.6 Å². The highest BCUT2D eigenvalue weighted by atomic mass is 16.7. The molecular weight excluding hydrogens is 502 g/mol. The number of rotatable bonds is 9. The van der Waals surface area contributed by atoms with Gasteiger partial charge in [0.05, 0.1) is 24.4 Å². The Balaban J connectivity index is 1.34. The summed E-state index contributed by atoms with van der Waals surface area (Å²) in [6, 6.07) is 29.4. The van der Waals surface area contributed by atoms with Crippen LogP contribution in [-0.2, 0) is 22.6 Å². The standard InChI is InChI=1S/C33H35N3O4/c1-23-30(21-36(2)20-24-7-4-3-5-8-24)39-33(40-31(23)26-12-10-25(22-37)11-13-26)27-14-16-29(17-15-27)35-32(38)28-9-6-18-34-19-28/h3-19,23,30-31,33,37H,20-22H2,1-2H3,(H,35,38). The van der Waals surface area contributed by atoms with Crippen LogP contribution in [0.1, 0.15) is 51.9 Å². The molecule has 2 N–H and O–H groups in total. The maximum Gasteiger partial charge on any atom is 0.257 e. The largest absolute Gasteiger partial charge is 0.392 e. The Morgan fingerprint density at radius 3 is 2.30 bits per heavy atom. The molecular formula is C33H35N3O4. The Labute approximate surface area is 235 Å². The van der Waals surface area contributed by atoms with Gasteiger partial charge in [0.1, 0.15) is 0 Å². The van der Waals surface area contributed by atoms with E-state index in [1.165, 1.54) is 11.8 Å². The molecule has 1 fully saturated rings. The Morgan fingerprint density at radius 1 is 0.900 bits per heavy atom. The highest BCUT2D eigenvalue weighted by Crippen LogP contribution is 2.42. The first kappa shape index (κ1) is 27.7. The summed E-state index contributed by atoms with van der Waals surface area (Å²) in [4.78, 5) is 18.8. The number of ether oxygens (including phenoxy) is 2. The number of amides is 1. The number of anilines is 1. The molecule has 2 heterocycles. The SMILES string of the molecule is CC1C(CN(C)Cc2ccccc2)OC(c2ccc(NC(=O)c3cccnc3)cc2)OC1c1ccc(CO)cc1. The average Bonchev–Trinajstić information content (AvgIpc) is 2.99. The summed E-state index contributed by atoms with van der Waals surface area (Å²) in [5.41, 5.74) is 5.21. The third kappa shape index (κ3) is 6.81. The molecule has 206 valence electrons. The fourth-order valence-electron chi connectivity index (χ4n) is 5.02. The van der Waals surface area contributed by atoms with Crippen LogP contribution in [0, 0.1) is 5.92 Å². The van der Waals surface area contributed by atoms with E-state index >= 15 is 0 Å². The van der Waals surface area contributed by atoms with Crippen molar-refractivity contribution in [3.8, 4) is 0 Å². The number of aliphatic hydroxyl groups excluding tert-OH is 1. The Hall–Kier alpha value is -3.88. The highest BCUT2D eigenvalue weighted by molar-refractivity contribution is 6.04. The average molecular weight is 538 g/mol. The molecule has 0 spiro atoms. The number of hydrogen-bond donors (Lipinski definition) is 2. The lowest BCUT2D eigenvalue weighted by Gasteiger charge is -2.42. The number of carbonyl (C=O) groups is 1. The fourth-order valence-corrected chi connectivity index (χ4v) is 5.02. The van der Waals surface area contributed by atoms with Crippen LogP contribution in [0.25, 0.3) is 0 Å². The topological polar surface area (TPSA) is 83.9 Å². The summed E-state index contributed by atoms with van der Waals surface area (Å²) in [7, 11) is 2.11. The minimum atomic E-state index is -0.572. The van der Waals surface area contributed by atoms with Crippen LogP contribution in [0.3, 0.4) is 0 Å². The molecule has 0 aliphatic carbocycles. The van der Waals surface area contributed by atoms with Crippen molar-refractivity contribution in [2.45, 2.75) is 38.6 Å². The molecule has 0 radical (unpaired) electrons. The molecule has 4 aromatic rings. The normalized spacial score (nSPS) is 20.8. The summed E-state index contributed by atoms with van der Waals surface area (Å²) in [6.45, 7) is 3.73. The molecule has 0 bridgehead atoms. The third-order valence-corrected chi connectivity index (χ3v) is 7.27. The van der Waals surface area contributed by atoms with Gasteiger partial charge in [0, 0.05) is 42.7 Å². The first-order valence-corrected chi connectivity index (χ1v) is 13.5. The van der Waals surface area contributed by atoms with E-state index in [2.05, 4.69) is 53.4 Å². The van der Waals surface area contributed by atoms with Crippen LogP contribution < -0.4 is 5.32 Å². The number of hydrogen-bond acceptors (Lipinski definition) is 6. The van der Waals surface area contributed by atoms with Gasteiger partial charge in [-0.05, 0) is 48.0 Å². The molecule has 4 atom stereocenters. The quantitative estimate of drug-likeness (QED) is 0.283. The van der Waals surface area contributed by atoms with Crippen molar-refractivity contribution >= 4 is 11.6 Å². The molecule has 4 unspecified atom stereocenters. The number of nitrogens with zero attached hydrogens (tertiary/aromatic N) is 2. The van der Waals surface area contributed by atoms with Gasteiger partial charge in [-0.2, -0.15) is 0 Å². The van der Waals surface area contributed by atoms with Crippen molar-refractivity contribution in [1.29, 1.82) is 0 Å². The summed E-state index contributed by atoms with van der Waals surface area (Å²) in [5.74, 6) is -0.125. The molecule has 1 aromatic heterocycles. The molecule has 1 amide bonds. The minimum absolute atomic E-state index is 0.00364. The van der Waals surface area contributed by atoms with Gasteiger partial charge in [-0.15, -0.1) is 0 Å². The molecule has 5 rings (SSSR count). The number of aliphatic hydroxyl groups is 1. The number of nitrogens with one attached hydrogen (secondary N) is 1. The number of pyridine rings is 1. The van der Waals surface area contributed by atoms with Crippen LogP contribution in [0.2, 0.25) is 0 Å². The second-order valence-corrected chi connectivity index (χ2v) is 10.3. The number of benzene rings is 3. The van der Waals surface area contributed by atoms with Crippen LogP contribution in [0.15, 0.2) is 103 Å². The minimum Gasteiger partial charge on any atom is -0.392 e. The van der Waals surface area contributed by atoms with E-state index in [4.69, 9.17) is 9.47 Å². The van der Waals surface area contributed by atoms with Crippen LogP contribution in [0.5, 0.6) is 0 Å². The van der Waals surface area contributed by atoms with Crippen molar-refractivity contribution in [2.75, 3.05) is 18.9 Å². The lowest BCUT2D eigenvalue weighted by Crippen LogP contribution is -2.43. The first-order chi connectivity index (χ1) is 19.5. The molecule has 7 heteroatoms. The molecule has 1 saturated heterocycles. The van der Waals surface area contributed by atoms with Gasteiger partial charge in [-0.3, -0.25) is 14.7 Å². The molecule has 7 nitrogen and oxygen atoms in total. The second kappa shape index (κ2) is 13.0. The van der Waals surface area contributed by atoms with Crippen LogP contribution in [0.4, 0.5) is 5.69 Å². The van der Waals surface area contributed by atoms with Crippen LogP contribution in [-0.4, -0.2) is 40.6 Å². The van der Waals surface area contributed by atoms with Crippen LogP contribution >= 0.6 is 0 Å². The predicted octanol–water partition coefficient (Wildman–Crippen LogP) is 5.75. The van der Waals surface area contributed by atoms with Gasteiger partial charge >= 0.3 is 0 Å². The van der Waals surface area contributed by atoms with Gasteiger partial charge in [0.2, 0.25) is 0 Å². The Morgan fingerprint density at radius 2 is 1.62 bits per heavy atom. The third-order valence-electron chi connectivity index (χ3n) is 7.27. The van der Waals surface area contributed by atoms with E-state index in [1.54, 1.807) is 18.3 Å². The highest BCUT2D eigenvalue weighted by Gasteiger charge is 2.38. The molecule has 0 saturated carbocycles. The number of likely N-dealkylation sites (N-methyl/N-ethyl adjacent to an activating group) is 1. The fraction of sp³-hybridized carbons (Fsp3) is 0.273. The lowest BCUT2D eigenvalue weighted by molar-refractivity contribution is -0.276. The lowest BCUT2D eigenvalue weighted by atomic mass is 9.90. The zero-order valence-corrected chi connectivity index (χ0v) is 22.8. The Bertz CT molecular complexity index is 1360. The summed E-state index contributed by atoms with van der Waals surface area (Å²) >= 11 is 0. The van der Waals surface area contributed by atoms with Gasteiger partial charge in [-0.1, -0.05) is 73.7 Å². The first-order valence-electron chi connectivity index (χ1n) is 13.5. The van der Waals surface area contributed by atoms with Crippen molar-refractivity contribution in [3.05, 3.63) is 131 Å². The molecule has 40 heavy (non-hydrogen) atoms. The van der Waals surface area contributed by atoms with Gasteiger partial charge in [0.15, 0.2) is 6.29 Å². The van der Waals surface area contributed by atoms with Gasteiger partial charge < -0.3 is 19.9 Å². The predicted molar refractivity (Wildman–Crippen MR) is 154 cm³/mol. The van der Waals surface area contributed by atoms with E-state index in [-0.39, 0.29) is 30.6 Å². The second-order valence-electron chi connectivity index (χ2n) is 10.3.